The van der Waals surface area contributed by atoms with Crippen LogP contribution in [0.4, 0.5) is 0 Å². The molecule has 0 aromatic heterocycles. The molecule has 1 aliphatic rings. The standard InChI is InChI=1S/C36H42N2O4/c1-24-33(22-38(3)25(2)34(40)29-9-5-4-6-10-29)41-36(42-35(24)30-14-12-26(23-39)13-15-30)31-18-16-28(17-19-31)32-11-7-8-27(20-32)21-37/h4-20,24-25,33-36,39-40H,21-23,37H2,1-3H3/t24-,25+,33+,34+,35+,36+/m1/s1. The van der Waals surface area contributed by atoms with E-state index in [1.165, 1.54) is 0 Å². The third kappa shape index (κ3) is 6.81. The Hall–Kier alpha value is -3.36. The summed E-state index contributed by atoms with van der Waals surface area (Å²) in [5, 5.41) is 20.6. The van der Waals surface area contributed by atoms with Gasteiger partial charge in [-0.2, -0.15) is 0 Å². The maximum atomic E-state index is 11.1. The van der Waals surface area contributed by atoms with E-state index in [1.54, 1.807) is 0 Å². The molecule has 42 heavy (non-hydrogen) atoms. The lowest BCUT2D eigenvalue weighted by Gasteiger charge is -2.43. The third-order valence-corrected chi connectivity index (χ3v) is 8.56. The monoisotopic (exact) mass is 566 g/mol. The number of benzene rings is 4. The van der Waals surface area contributed by atoms with Crippen molar-refractivity contribution in [3.63, 3.8) is 0 Å². The first kappa shape index (κ1) is 30.1. The van der Waals surface area contributed by atoms with Crippen molar-refractivity contribution < 1.29 is 19.7 Å². The summed E-state index contributed by atoms with van der Waals surface area (Å²) >= 11 is 0. The normalized spacial score (nSPS) is 22.2. The number of rotatable bonds is 10. The lowest BCUT2D eigenvalue weighted by Crippen LogP contribution is -2.46. The number of aliphatic hydroxyl groups excluding tert-OH is 2. The molecule has 1 heterocycles. The number of nitrogens with zero attached hydrogens (tertiary/aromatic N) is 1. The number of ether oxygens (including phenoxy) is 2. The van der Waals surface area contributed by atoms with E-state index in [1.807, 2.05) is 80.7 Å². The van der Waals surface area contributed by atoms with Gasteiger partial charge >= 0.3 is 0 Å². The first-order valence-electron chi connectivity index (χ1n) is 14.7. The molecule has 6 nitrogen and oxygen atoms in total. The minimum Gasteiger partial charge on any atom is -0.392 e. The average molecular weight is 567 g/mol. The largest absolute Gasteiger partial charge is 0.392 e. The second kappa shape index (κ2) is 13.7. The number of likely N-dealkylation sites (N-methyl/N-ethyl adjacent to an activating group) is 1. The van der Waals surface area contributed by atoms with E-state index in [0.717, 1.165) is 38.9 Å². The molecule has 0 unspecified atom stereocenters. The number of nitrogens with two attached hydrogens (primary N) is 1. The van der Waals surface area contributed by atoms with Crippen molar-refractivity contribution in [3.8, 4) is 11.1 Å². The van der Waals surface area contributed by atoms with E-state index in [4.69, 9.17) is 15.2 Å². The quantitative estimate of drug-likeness (QED) is 0.213. The van der Waals surface area contributed by atoms with Crippen molar-refractivity contribution in [2.24, 2.45) is 11.7 Å². The molecule has 1 aliphatic heterocycles. The van der Waals surface area contributed by atoms with Crippen molar-refractivity contribution >= 4 is 0 Å². The van der Waals surface area contributed by atoms with Crippen LogP contribution in [0.2, 0.25) is 0 Å². The Morgan fingerprint density at radius 2 is 1.50 bits per heavy atom. The van der Waals surface area contributed by atoms with Crippen LogP contribution < -0.4 is 5.73 Å². The van der Waals surface area contributed by atoms with E-state index in [-0.39, 0.29) is 30.8 Å². The van der Waals surface area contributed by atoms with Gasteiger partial charge in [-0.15, -0.1) is 0 Å². The van der Waals surface area contributed by atoms with Crippen LogP contribution in [0.15, 0.2) is 103 Å². The number of hydrogen-bond acceptors (Lipinski definition) is 6. The van der Waals surface area contributed by atoms with E-state index in [2.05, 4.69) is 48.2 Å². The fourth-order valence-corrected chi connectivity index (χ4v) is 5.66. The molecule has 4 N–H and O–H groups in total. The molecule has 220 valence electrons. The van der Waals surface area contributed by atoms with Gasteiger partial charge in [0.2, 0.25) is 0 Å². The first-order chi connectivity index (χ1) is 20.4. The summed E-state index contributed by atoms with van der Waals surface area (Å²) in [4.78, 5) is 2.17. The first-order valence-corrected chi connectivity index (χ1v) is 14.7. The minimum absolute atomic E-state index is 0.00266. The average Bonchev–Trinajstić information content (AvgIpc) is 3.05. The third-order valence-electron chi connectivity index (χ3n) is 8.56. The zero-order chi connectivity index (χ0) is 29.6. The Balaban J connectivity index is 1.39. The molecule has 4 aromatic carbocycles. The molecule has 4 aromatic rings. The molecular weight excluding hydrogens is 524 g/mol. The van der Waals surface area contributed by atoms with E-state index in [9.17, 15) is 10.2 Å². The van der Waals surface area contributed by atoms with Crippen molar-refractivity contribution in [1.29, 1.82) is 0 Å². The molecule has 0 radical (unpaired) electrons. The van der Waals surface area contributed by atoms with Crippen LogP contribution in [0.5, 0.6) is 0 Å². The van der Waals surface area contributed by atoms with Gasteiger partial charge in [0.15, 0.2) is 6.29 Å². The maximum absolute atomic E-state index is 11.1. The van der Waals surface area contributed by atoms with Gasteiger partial charge in [0, 0.05) is 30.6 Å². The predicted octanol–water partition coefficient (Wildman–Crippen LogP) is 6.15. The molecule has 0 spiro atoms. The lowest BCUT2D eigenvalue weighted by atomic mass is 9.89. The molecule has 6 heteroatoms. The molecule has 6 atom stereocenters. The van der Waals surface area contributed by atoms with Crippen LogP contribution >= 0.6 is 0 Å². The topological polar surface area (TPSA) is 88.2 Å². The SMILES string of the molecule is C[C@@H]1[C@H](CN(C)[C@@H](C)[C@H](O)c2ccccc2)O[C@H](c2ccc(-c3cccc(CN)c3)cc2)O[C@@H]1c1ccc(CO)cc1. The minimum atomic E-state index is -0.616. The van der Waals surface area contributed by atoms with Crippen LogP contribution in [-0.4, -0.2) is 40.9 Å². The zero-order valence-corrected chi connectivity index (χ0v) is 24.6. The van der Waals surface area contributed by atoms with E-state index in [0.29, 0.717) is 13.1 Å². The molecule has 1 fully saturated rings. The van der Waals surface area contributed by atoms with Gasteiger partial charge in [0.05, 0.1) is 24.9 Å². The highest BCUT2D eigenvalue weighted by molar-refractivity contribution is 5.64. The van der Waals surface area contributed by atoms with Gasteiger partial charge in [-0.1, -0.05) is 104 Å². The summed E-state index contributed by atoms with van der Waals surface area (Å²) < 4.78 is 13.3. The molecule has 0 saturated carbocycles. The molecule has 5 rings (SSSR count). The fourth-order valence-electron chi connectivity index (χ4n) is 5.66. The molecule has 1 saturated heterocycles. The second-order valence-corrected chi connectivity index (χ2v) is 11.4. The summed E-state index contributed by atoms with van der Waals surface area (Å²) in [5.74, 6) is 0.0445. The van der Waals surface area contributed by atoms with E-state index < -0.39 is 12.4 Å². The van der Waals surface area contributed by atoms with Gasteiger partial charge in [-0.3, -0.25) is 4.90 Å². The van der Waals surface area contributed by atoms with Gasteiger partial charge in [0.25, 0.3) is 0 Å². The van der Waals surface area contributed by atoms with Gasteiger partial charge in [-0.05, 0) is 53.4 Å². The Morgan fingerprint density at radius 3 is 2.17 bits per heavy atom. The highest BCUT2D eigenvalue weighted by Gasteiger charge is 2.39. The highest BCUT2D eigenvalue weighted by Crippen LogP contribution is 2.42. The fraction of sp³-hybridized carbons (Fsp3) is 0.333. The molecule has 0 aliphatic carbocycles. The molecule has 0 amide bonds. The highest BCUT2D eigenvalue weighted by atomic mass is 16.7. The van der Waals surface area contributed by atoms with Crippen LogP contribution in [0.1, 0.15) is 60.2 Å². The zero-order valence-electron chi connectivity index (χ0n) is 24.6. The van der Waals surface area contributed by atoms with Gasteiger partial charge in [0.1, 0.15) is 0 Å². The Morgan fingerprint density at radius 1 is 0.810 bits per heavy atom. The maximum Gasteiger partial charge on any atom is 0.184 e. The van der Waals surface area contributed by atoms with Gasteiger partial charge in [-0.25, -0.2) is 0 Å². The Bertz CT molecular complexity index is 1410. The summed E-state index contributed by atoms with van der Waals surface area (Å²) in [7, 11) is 2.03. The second-order valence-electron chi connectivity index (χ2n) is 11.4. The predicted molar refractivity (Wildman–Crippen MR) is 166 cm³/mol. The smallest absolute Gasteiger partial charge is 0.184 e. The summed E-state index contributed by atoms with van der Waals surface area (Å²) in [6.07, 6.45) is -1.53. The summed E-state index contributed by atoms with van der Waals surface area (Å²) in [5.41, 5.74) is 12.9. The van der Waals surface area contributed by atoms with Crippen molar-refractivity contribution in [2.75, 3.05) is 13.6 Å². The lowest BCUT2D eigenvalue weighted by molar-refractivity contribution is -0.276. The number of aliphatic hydroxyl groups is 2. The van der Waals surface area contributed by atoms with Crippen molar-refractivity contribution in [1.82, 2.24) is 4.90 Å². The van der Waals surface area contributed by atoms with Crippen LogP contribution in [-0.2, 0) is 22.6 Å². The van der Waals surface area contributed by atoms with E-state index >= 15 is 0 Å². The summed E-state index contributed by atoms with van der Waals surface area (Å²) in [6.45, 7) is 5.34. The van der Waals surface area contributed by atoms with Gasteiger partial charge < -0.3 is 25.4 Å². The molecular formula is C36H42N2O4. The Labute approximate surface area is 249 Å². The molecule has 0 bridgehead atoms. The Kier molecular flexibility index (Phi) is 9.85. The van der Waals surface area contributed by atoms with Crippen LogP contribution in [0.3, 0.4) is 0 Å². The van der Waals surface area contributed by atoms with Crippen molar-refractivity contribution in [3.05, 3.63) is 131 Å². The number of hydrogen-bond donors (Lipinski definition) is 3. The van der Waals surface area contributed by atoms with Crippen LogP contribution in [0, 0.1) is 5.92 Å². The summed E-state index contributed by atoms with van der Waals surface area (Å²) in [6, 6.07) is 34.2. The van der Waals surface area contributed by atoms with Crippen LogP contribution in [0.25, 0.3) is 11.1 Å². The van der Waals surface area contributed by atoms with Crippen molar-refractivity contribution in [2.45, 2.75) is 57.6 Å².